The lowest BCUT2D eigenvalue weighted by molar-refractivity contribution is 0.522. The number of aryl methyl sites for hydroxylation is 2. The second-order valence-electron chi connectivity index (χ2n) is 4.17. The minimum Gasteiger partial charge on any atom is -0.370 e. The van der Waals surface area contributed by atoms with Crippen LogP contribution in [0.2, 0.25) is 0 Å². The normalized spacial score (nSPS) is 14.6. The Labute approximate surface area is 125 Å². The van der Waals surface area contributed by atoms with E-state index < -0.39 is 0 Å². The van der Waals surface area contributed by atoms with E-state index in [2.05, 4.69) is 32.6 Å². The fraction of sp³-hybridized carbons (Fsp3) is 0.500. The molecule has 1 aromatic heterocycles. The SMILES string of the molecule is C=CCNC(N)=NCc1cn2c(n1)CCCC2.I. The van der Waals surface area contributed by atoms with Crippen molar-refractivity contribution in [1.82, 2.24) is 14.9 Å². The first-order chi connectivity index (χ1) is 8.29. The highest BCUT2D eigenvalue weighted by Crippen LogP contribution is 2.14. The van der Waals surface area contributed by atoms with Crippen molar-refractivity contribution in [1.29, 1.82) is 0 Å². The van der Waals surface area contributed by atoms with Crippen LogP contribution in [-0.2, 0) is 19.5 Å². The monoisotopic (exact) mass is 361 g/mol. The van der Waals surface area contributed by atoms with Crippen LogP contribution in [-0.4, -0.2) is 22.1 Å². The van der Waals surface area contributed by atoms with Crippen LogP contribution in [0.15, 0.2) is 23.8 Å². The molecule has 1 aromatic rings. The number of hydrogen-bond donors (Lipinski definition) is 2. The van der Waals surface area contributed by atoms with E-state index in [1.165, 1.54) is 18.7 Å². The molecule has 0 atom stereocenters. The van der Waals surface area contributed by atoms with Crippen molar-refractivity contribution in [3.63, 3.8) is 0 Å². The van der Waals surface area contributed by atoms with Crippen molar-refractivity contribution in [3.8, 4) is 0 Å². The molecule has 100 valence electrons. The molecule has 0 amide bonds. The summed E-state index contributed by atoms with van der Waals surface area (Å²) in [5, 5.41) is 2.94. The molecule has 2 heterocycles. The molecule has 0 saturated carbocycles. The molecule has 0 saturated heterocycles. The zero-order valence-electron chi connectivity index (χ0n) is 10.4. The van der Waals surface area contributed by atoms with Gasteiger partial charge in [0.1, 0.15) is 5.82 Å². The number of rotatable bonds is 4. The van der Waals surface area contributed by atoms with Gasteiger partial charge in [-0.05, 0) is 12.8 Å². The Morgan fingerprint density at radius 2 is 2.44 bits per heavy atom. The third-order valence-electron chi connectivity index (χ3n) is 2.80. The number of aromatic nitrogens is 2. The summed E-state index contributed by atoms with van der Waals surface area (Å²) >= 11 is 0. The van der Waals surface area contributed by atoms with E-state index in [-0.39, 0.29) is 24.0 Å². The number of nitrogens with two attached hydrogens (primary N) is 1. The van der Waals surface area contributed by atoms with Gasteiger partial charge in [-0.2, -0.15) is 0 Å². The van der Waals surface area contributed by atoms with Crippen molar-refractivity contribution in [2.75, 3.05) is 6.54 Å². The smallest absolute Gasteiger partial charge is 0.189 e. The van der Waals surface area contributed by atoms with E-state index in [1.54, 1.807) is 6.08 Å². The van der Waals surface area contributed by atoms with Crippen LogP contribution in [0.4, 0.5) is 0 Å². The summed E-state index contributed by atoms with van der Waals surface area (Å²) in [6.45, 7) is 5.86. The molecule has 0 bridgehead atoms. The van der Waals surface area contributed by atoms with Crippen LogP contribution in [0.3, 0.4) is 0 Å². The lowest BCUT2D eigenvalue weighted by Gasteiger charge is -2.11. The molecule has 1 aliphatic rings. The Hall–Kier alpha value is -1.05. The lowest BCUT2D eigenvalue weighted by atomic mass is 10.2. The Morgan fingerprint density at radius 3 is 3.17 bits per heavy atom. The summed E-state index contributed by atoms with van der Waals surface area (Å²) in [4.78, 5) is 8.79. The highest BCUT2D eigenvalue weighted by Gasteiger charge is 2.11. The van der Waals surface area contributed by atoms with Gasteiger partial charge < -0.3 is 15.6 Å². The van der Waals surface area contributed by atoms with Gasteiger partial charge in [-0.3, -0.25) is 0 Å². The number of aliphatic imine (C=N–C) groups is 1. The molecule has 1 aliphatic heterocycles. The molecule has 5 nitrogen and oxygen atoms in total. The number of fused-ring (bicyclic) bond motifs is 1. The van der Waals surface area contributed by atoms with Crippen LogP contribution in [0.5, 0.6) is 0 Å². The number of halogens is 1. The van der Waals surface area contributed by atoms with Gasteiger partial charge in [-0.25, -0.2) is 9.98 Å². The average Bonchev–Trinajstić information content (AvgIpc) is 2.76. The quantitative estimate of drug-likeness (QED) is 0.369. The molecular weight excluding hydrogens is 341 g/mol. The Kier molecular flexibility index (Phi) is 6.17. The van der Waals surface area contributed by atoms with E-state index in [1.807, 2.05) is 0 Å². The highest BCUT2D eigenvalue weighted by molar-refractivity contribution is 14.0. The zero-order valence-corrected chi connectivity index (χ0v) is 12.8. The molecule has 0 radical (unpaired) electrons. The van der Waals surface area contributed by atoms with Crippen LogP contribution in [0.25, 0.3) is 0 Å². The van der Waals surface area contributed by atoms with Gasteiger partial charge in [0.05, 0.1) is 12.2 Å². The van der Waals surface area contributed by atoms with Crippen LogP contribution in [0, 0.1) is 0 Å². The molecule has 0 spiro atoms. The number of imidazole rings is 1. The van der Waals surface area contributed by atoms with Crippen molar-refractivity contribution >= 4 is 29.9 Å². The number of nitrogens with one attached hydrogen (secondary N) is 1. The predicted molar refractivity (Wildman–Crippen MR) is 84.1 cm³/mol. The Morgan fingerprint density at radius 1 is 1.61 bits per heavy atom. The summed E-state index contributed by atoms with van der Waals surface area (Å²) in [5.41, 5.74) is 6.68. The van der Waals surface area contributed by atoms with Crippen LogP contribution < -0.4 is 11.1 Å². The van der Waals surface area contributed by atoms with Crippen LogP contribution >= 0.6 is 24.0 Å². The maximum atomic E-state index is 5.69. The van der Waals surface area contributed by atoms with Crippen molar-refractivity contribution < 1.29 is 0 Å². The Balaban J connectivity index is 0.00000162. The first-order valence-electron chi connectivity index (χ1n) is 5.99. The largest absolute Gasteiger partial charge is 0.370 e. The van der Waals surface area contributed by atoms with Crippen molar-refractivity contribution in [2.24, 2.45) is 10.7 Å². The van der Waals surface area contributed by atoms with E-state index in [9.17, 15) is 0 Å². The minimum absolute atomic E-state index is 0. The summed E-state index contributed by atoms with van der Waals surface area (Å²) in [5.74, 6) is 1.62. The van der Waals surface area contributed by atoms with E-state index in [0.29, 0.717) is 19.0 Å². The maximum Gasteiger partial charge on any atom is 0.189 e. The first-order valence-corrected chi connectivity index (χ1v) is 5.99. The van der Waals surface area contributed by atoms with Gasteiger partial charge in [0.2, 0.25) is 0 Å². The standard InChI is InChI=1S/C12H19N5.HI/c1-2-6-14-12(13)15-8-10-9-17-7-4-3-5-11(17)16-10;/h2,9H,1,3-8H2,(H3,13,14,15);1H. The van der Waals surface area contributed by atoms with Crippen molar-refractivity contribution in [2.45, 2.75) is 32.4 Å². The first kappa shape index (κ1) is 15.0. The Bertz CT molecular complexity index is 401. The summed E-state index contributed by atoms with van der Waals surface area (Å²) in [6.07, 6.45) is 7.39. The van der Waals surface area contributed by atoms with Gasteiger partial charge in [0, 0.05) is 25.7 Å². The summed E-state index contributed by atoms with van der Waals surface area (Å²) < 4.78 is 2.22. The average molecular weight is 361 g/mol. The lowest BCUT2D eigenvalue weighted by Crippen LogP contribution is -2.31. The molecule has 3 N–H and O–H groups in total. The van der Waals surface area contributed by atoms with E-state index in [4.69, 9.17) is 5.73 Å². The summed E-state index contributed by atoms with van der Waals surface area (Å²) in [6, 6.07) is 0. The predicted octanol–water partition coefficient (Wildman–Crippen LogP) is 1.43. The fourth-order valence-electron chi connectivity index (χ4n) is 1.95. The van der Waals surface area contributed by atoms with Gasteiger partial charge in [0.25, 0.3) is 0 Å². The van der Waals surface area contributed by atoms with E-state index in [0.717, 1.165) is 18.7 Å². The second kappa shape index (κ2) is 7.40. The molecule has 0 fully saturated rings. The molecule has 0 unspecified atom stereocenters. The van der Waals surface area contributed by atoms with Gasteiger partial charge in [-0.15, -0.1) is 30.6 Å². The third-order valence-corrected chi connectivity index (χ3v) is 2.80. The molecule has 18 heavy (non-hydrogen) atoms. The maximum absolute atomic E-state index is 5.69. The molecule has 6 heteroatoms. The molecular formula is C12H20IN5. The zero-order chi connectivity index (χ0) is 12.1. The van der Waals surface area contributed by atoms with Gasteiger partial charge in [-0.1, -0.05) is 6.08 Å². The fourth-order valence-corrected chi connectivity index (χ4v) is 1.95. The number of guanidine groups is 1. The van der Waals surface area contributed by atoms with Crippen molar-refractivity contribution in [3.05, 3.63) is 30.4 Å². The third kappa shape index (κ3) is 4.01. The molecule has 0 aliphatic carbocycles. The van der Waals surface area contributed by atoms with E-state index >= 15 is 0 Å². The number of hydrogen-bond acceptors (Lipinski definition) is 2. The number of nitrogens with zero attached hydrogens (tertiary/aromatic N) is 3. The molecule has 2 rings (SSSR count). The second-order valence-corrected chi connectivity index (χ2v) is 4.17. The van der Waals surface area contributed by atoms with Gasteiger partial charge >= 0.3 is 0 Å². The molecule has 0 aromatic carbocycles. The van der Waals surface area contributed by atoms with Gasteiger partial charge in [0.15, 0.2) is 5.96 Å². The highest BCUT2D eigenvalue weighted by atomic mass is 127. The van der Waals surface area contributed by atoms with Crippen LogP contribution in [0.1, 0.15) is 24.4 Å². The summed E-state index contributed by atoms with van der Waals surface area (Å²) in [7, 11) is 0. The minimum atomic E-state index is 0. The topological polar surface area (TPSA) is 68.2 Å².